The minimum absolute atomic E-state index is 0.337. The van der Waals surface area contributed by atoms with Crippen molar-refractivity contribution >= 4 is 5.91 Å². The van der Waals surface area contributed by atoms with E-state index in [4.69, 9.17) is 4.74 Å². The largest absolute Gasteiger partial charge is 0.497 e. The topological polar surface area (TPSA) is 58.6 Å². The first-order chi connectivity index (χ1) is 10.7. The Morgan fingerprint density at radius 3 is 2.27 bits per heavy atom. The maximum Gasteiger partial charge on any atom is 0.253 e. The normalized spacial score (nSPS) is 12.0. The lowest BCUT2D eigenvalue weighted by Gasteiger charge is -2.12. The molecule has 1 amide bonds. The van der Waals surface area contributed by atoms with Gasteiger partial charge in [0.1, 0.15) is 5.75 Å². The molecule has 4 nitrogen and oxygen atoms in total. The molecule has 1 unspecified atom stereocenters. The van der Waals surface area contributed by atoms with Crippen LogP contribution in [0, 0.1) is 0 Å². The van der Waals surface area contributed by atoms with Crippen LogP contribution in [-0.4, -0.2) is 24.7 Å². The van der Waals surface area contributed by atoms with Crippen molar-refractivity contribution in [1.82, 2.24) is 5.32 Å². The van der Waals surface area contributed by atoms with Gasteiger partial charge >= 0.3 is 0 Å². The van der Waals surface area contributed by atoms with Crippen LogP contribution in [0.5, 0.6) is 5.75 Å². The number of nitrogens with one attached hydrogen (secondary N) is 1. The highest BCUT2D eigenvalue weighted by atomic mass is 16.5. The molecule has 1 rings (SSSR count). The van der Waals surface area contributed by atoms with Crippen molar-refractivity contribution in [2.75, 3.05) is 13.7 Å². The molecule has 1 atom stereocenters. The summed E-state index contributed by atoms with van der Waals surface area (Å²) in [4.78, 5) is 11.9. The molecule has 0 fully saturated rings. The number of benzene rings is 1. The number of carbonyl (C=O) groups is 1. The molecule has 0 aliphatic carbocycles. The summed E-state index contributed by atoms with van der Waals surface area (Å²) in [5.74, 6) is 0.371. The summed E-state index contributed by atoms with van der Waals surface area (Å²) >= 11 is 0. The van der Waals surface area contributed by atoms with Gasteiger partial charge in [-0.2, -0.15) is 0 Å². The summed E-state index contributed by atoms with van der Waals surface area (Å²) in [7, 11) is 1.58. The predicted molar refractivity (Wildman–Crippen MR) is 89.0 cm³/mol. The van der Waals surface area contributed by atoms with Gasteiger partial charge in [-0.05, 0) is 24.1 Å². The van der Waals surface area contributed by atoms with E-state index in [9.17, 15) is 9.90 Å². The SMILES string of the molecule is CCCCCCCCCNC(=O)C(O)c1ccc(OC)cc1. The molecule has 0 saturated heterocycles. The maximum absolute atomic E-state index is 11.9. The number of aliphatic hydroxyl groups excluding tert-OH is 1. The van der Waals surface area contributed by atoms with Crippen LogP contribution in [0.1, 0.15) is 63.5 Å². The number of amides is 1. The van der Waals surface area contributed by atoms with Crippen LogP contribution < -0.4 is 10.1 Å². The zero-order chi connectivity index (χ0) is 16.2. The van der Waals surface area contributed by atoms with Crippen LogP contribution in [0.3, 0.4) is 0 Å². The molecule has 4 heteroatoms. The Morgan fingerprint density at radius 1 is 1.09 bits per heavy atom. The Morgan fingerprint density at radius 2 is 1.68 bits per heavy atom. The highest BCUT2D eigenvalue weighted by Gasteiger charge is 2.16. The number of carbonyl (C=O) groups excluding carboxylic acids is 1. The van der Waals surface area contributed by atoms with E-state index < -0.39 is 6.10 Å². The predicted octanol–water partition coefficient (Wildman–Crippen LogP) is 3.60. The Balaban J connectivity index is 2.18. The van der Waals surface area contributed by atoms with E-state index in [1.807, 2.05) is 0 Å². The van der Waals surface area contributed by atoms with Crippen LogP contribution in [-0.2, 0) is 4.79 Å². The molecule has 0 aromatic heterocycles. The lowest BCUT2D eigenvalue weighted by Crippen LogP contribution is -2.30. The van der Waals surface area contributed by atoms with E-state index in [0.717, 1.165) is 12.8 Å². The molecule has 0 bridgehead atoms. The van der Waals surface area contributed by atoms with Gasteiger partial charge in [0.25, 0.3) is 5.91 Å². The molecular formula is C18H29NO3. The fourth-order valence-electron chi connectivity index (χ4n) is 2.33. The van der Waals surface area contributed by atoms with Crippen molar-refractivity contribution in [3.8, 4) is 5.75 Å². The van der Waals surface area contributed by atoms with Gasteiger partial charge in [0.2, 0.25) is 0 Å². The molecule has 1 aromatic carbocycles. The average Bonchev–Trinajstić information content (AvgIpc) is 2.56. The Kier molecular flexibility index (Phi) is 9.31. The fraction of sp³-hybridized carbons (Fsp3) is 0.611. The van der Waals surface area contributed by atoms with Crippen LogP contribution in [0.4, 0.5) is 0 Å². The number of hydrogen-bond donors (Lipinski definition) is 2. The molecule has 0 aliphatic heterocycles. The second kappa shape index (κ2) is 11.1. The molecule has 0 spiro atoms. The average molecular weight is 307 g/mol. The van der Waals surface area contributed by atoms with Crippen molar-refractivity contribution in [2.24, 2.45) is 0 Å². The van der Waals surface area contributed by atoms with Crippen molar-refractivity contribution in [3.05, 3.63) is 29.8 Å². The molecule has 1 aromatic rings. The van der Waals surface area contributed by atoms with Crippen molar-refractivity contribution in [1.29, 1.82) is 0 Å². The van der Waals surface area contributed by atoms with Gasteiger partial charge in [-0.25, -0.2) is 0 Å². The van der Waals surface area contributed by atoms with Crippen LogP contribution in [0.25, 0.3) is 0 Å². The zero-order valence-corrected chi connectivity index (χ0v) is 13.8. The first-order valence-electron chi connectivity index (χ1n) is 8.28. The molecule has 0 radical (unpaired) electrons. The Hall–Kier alpha value is -1.55. The Bertz CT molecular complexity index is 417. The van der Waals surface area contributed by atoms with Crippen molar-refractivity contribution < 1.29 is 14.6 Å². The maximum atomic E-state index is 11.9. The van der Waals surface area contributed by atoms with Crippen LogP contribution in [0.15, 0.2) is 24.3 Å². The number of hydrogen-bond acceptors (Lipinski definition) is 3. The first kappa shape index (κ1) is 18.5. The number of ether oxygens (including phenoxy) is 1. The molecular weight excluding hydrogens is 278 g/mol. The van der Waals surface area contributed by atoms with Gasteiger partial charge < -0.3 is 15.2 Å². The minimum atomic E-state index is -1.12. The standard InChI is InChI=1S/C18H29NO3/c1-3-4-5-6-7-8-9-14-19-18(21)17(20)15-10-12-16(22-2)13-11-15/h10-13,17,20H,3-9,14H2,1-2H3,(H,19,21). The third-order valence-corrected chi connectivity index (χ3v) is 3.76. The third-order valence-electron chi connectivity index (χ3n) is 3.76. The summed E-state index contributed by atoms with van der Waals surface area (Å²) in [6.45, 7) is 2.84. The first-order valence-corrected chi connectivity index (χ1v) is 8.28. The van der Waals surface area contributed by atoms with Gasteiger partial charge in [0.05, 0.1) is 7.11 Å². The number of unbranched alkanes of at least 4 members (excludes halogenated alkanes) is 6. The second-order valence-corrected chi connectivity index (χ2v) is 5.59. The summed E-state index contributed by atoms with van der Waals surface area (Å²) in [6.07, 6.45) is 7.35. The summed E-state index contributed by atoms with van der Waals surface area (Å²) in [5.41, 5.74) is 0.581. The number of rotatable bonds is 11. The number of aliphatic hydroxyl groups is 1. The van der Waals surface area contributed by atoms with E-state index >= 15 is 0 Å². The van der Waals surface area contributed by atoms with E-state index in [2.05, 4.69) is 12.2 Å². The molecule has 0 saturated carbocycles. The smallest absolute Gasteiger partial charge is 0.253 e. The summed E-state index contributed by atoms with van der Waals surface area (Å²) in [6, 6.07) is 6.89. The minimum Gasteiger partial charge on any atom is -0.497 e. The van der Waals surface area contributed by atoms with Gasteiger partial charge in [0.15, 0.2) is 6.10 Å². The number of methoxy groups -OCH3 is 1. The fourth-order valence-corrected chi connectivity index (χ4v) is 2.33. The van der Waals surface area contributed by atoms with Crippen molar-refractivity contribution in [2.45, 2.75) is 58.0 Å². The van der Waals surface area contributed by atoms with Gasteiger partial charge in [-0.3, -0.25) is 4.79 Å². The van der Waals surface area contributed by atoms with E-state index in [0.29, 0.717) is 17.9 Å². The van der Waals surface area contributed by atoms with Gasteiger partial charge in [-0.1, -0.05) is 57.6 Å². The van der Waals surface area contributed by atoms with Gasteiger partial charge in [0, 0.05) is 6.54 Å². The van der Waals surface area contributed by atoms with Crippen LogP contribution in [0.2, 0.25) is 0 Å². The highest BCUT2D eigenvalue weighted by molar-refractivity contribution is 5.81. The Labute approximate surface area is 133 Å². The zero-order valence-electron chi connectivity index (χ0n) is 13.8. The molecule has 22 heavy (non-hydrogen) atoms. The quantitative estimate of drug-likeness (QED) is 0.614. The van der Waals surface area contributed by atoms with Crippen LogP contribution >= 0.6 is 0 Å². The molecule has 0 aliphatic rings. The van der Waals surface area contributed by atoms with Gasteiger partial charge in [-0.15, -0.1) is 0 Å². The lowest BCUT2D eigenvalue weighted by molar-refractivity contribution is -0.129. The second-order valence-electron chi connectivity index (χ2n) is 5.59. The summed E-state index contributed by atoms with van der Waals surface area (Å²) < 4.78 is 5.05. The van der Waals surface area contributed by atoms with Crippen molar-refractivity contribution in [3.63, 3.8) is 0 Å². The van der Waals surface area contributed by atoms with E-state index in [1.165, 1.54) is 32.1 Å². The summed E-state index contributed by atoms with van der Waals surface area (Å²) in [5, 5.41) is 12.8. The third kappa shape index (κ3) is 6.94. The molecule has 2 N–H and O–H groups in total. The highest BCUT2D eigenvalue weighted by Crippen LogP contribution is 2.17. The lowest BCUT2D eigenvalue weighted by atomic mass is 10.1. The molecule has 0 heterocycles. The van der Waals surface area contributed by atoms with E-state index in [1.54, 1.807) is 31.4 Å². The monoisotopic (exact) mass is 307 g/mol. The van der Waals surface area contributed by atoms with E-state index in [-0.39, 0.29) is 5.91 Å². The molecule has 124 valence electrons.